The SMILES string of the molecule is CC1CCN(C(N)=NC2CC(c3ccccc3)C2)CC1. The first-order valence-electron chi connectivity index (χ1n) is 7.85. The summed E-state index contributed by atoms with van der Waals surface area (Å²) in [5.74, 6) is 2.29. The lowest BCUT2D eigenvalue weighted by molar-refractivity contribution is 0.272. The molecule has 3 heteroatoms. The molecule has 1 aromatic rings. The van der Waals surface area contributed by atoms with Gasteiger partial charge in [-0.15, -0.1) is 0 Å². The Morgan fingerprint density at radius 1 is 1.15 bits per heavy atom. The normalized spacial score (nSPS) is 28.2. The fourth-order valence-corrected chi connectivity index (χ4v) is 3.20. The molecule has 1 aromatic carbocycles. The standard InChI is InChI=1S/C17H25N3/c1-13-7-9-20(10-8-13)17(18)19-16-11-15(12-16)14-5-3-2-4-6-14/h2-6,13,15-16H,7-12H2,1H3,(H2,18,19). The molecule has 2 aliphatic rings. The molecule has 0 amide bonds. The molecule has 2 N–H and O–H groups in total. The van der Waals surface area contributed by atoms with E-state index in [1.165, 1.54) is 18.4 Å². The first-order chi connectivity index (χ1) is 9.72. The van der Waals surface area contributed by atoms with Crippen LogP contribution in [-0.2, 0) is 0 Å². The van der Waals surface area contributed by atoms with Crippen LogP contribution in [0.5, 0.6) is 0 Å². The predicted molar refractivity (Wildman–Crippen MR) is 83.8 cm³/mol. The number of aliphatic imine (C=N–C) groups is 1. The summed E-state index contributed by atoms with van der Waals surface area (Å²) in [6, 6.07) is 11.2. The predicted octanol–water partition coefficient (Wildman–Crippen LogP) is 2.98. The van der Waals surface area contributed by atoms with Crippen molar-refractivity contribution in [2.75, 3.05) is 13.1 Å². The number of piperidine rings is 1. The van der Waals surface area contributed by atoms with E-state index in [-0.39, 0.29) is 0 Å². The van der Waals surface area contributed by atoms with Crippen LogP contribution in [0.3, 0.4) is 0 Å². The van der Waals surface area contributed by atoms with Crippen molar-refractivity contribution >= 4 is 5.96 Å². The molecule has 1 heterocycles. The van der Waals surface area contributed by atoms with Gasteiger partial charge in [-0.3, -0.25) is 0 Å². The van der Waals surface area contributed by atoms with Gasteiger partial charge in [-0.05, 0) is 43.1 Å². The number of benzene rings is 1. The van der Waals surface area contributed by atoms with Gasteiger partial charge in [-0.2, -0.15) is 0 Å². The van der Waals surface area contributed by atoms with Crippen LogP contribution in [0.2, 0.25) is 0 Å². The molecule has 0 atom stereocenters. The van der Waals surface area contributed by atoms with Crippen molar-refractivity contribution in [3.63, 3.8) is 0 Å². The lowest BCUT2D eigenvalue weighted by atomic mass is 9.76. The van der Waals surface area contributed by atoms with Gasteiger partial charge in [0.15, 0.2) is 5.96 Å². The first-order valence-corrected chi connectivity index (χ1v) is 7.85. The van der Waals surface area contributed by atoms with Crippen LogP contribution in [-0.4, -0.2) is 30.0 Å². The van der Waals surface area contributed by atoms with Crippen molar-refractivity contribution < 1.29 is 0 Å². The van der Waals surface area contributed by atoms with Crippen molar-refractivity contribution in [1.29, 1.82) is 0 Å². The molecule has 3 rings (SSSR count). The highest BCUT2D eigenvalue weighted by molar-refractivity contribution is 5.78. The first kappa shape index (κ1) is 13.5. The fraction of sp³-hybridized carbons (Fsp3) is 0.588. The molecule has 20 heavy (non-hydrogen) atoms. The summed E-state index contributed by atoms with van der Waals surface area (Å²) in [4.78, 5) is 6.99. The fourth-order valence-electron chi connectivity index (χ4n) is 3.20. The van der Waals surface area contributed by atoms with Crippen molar-refractivity contribution in [3.05, 3.63) is 35.9 Å². The van der Waals surface area contributed by atoms with Crippen LogP contribution in [0, 0.1) is 5.92 Å². The summed E-state index contributed by atoms with van der Waals surface area (Å²) in [7, 11) is 0. The van der Waals surface area contributed by atoms with E-state index < -0.39 is 0 Å². The lowest BCUT2D eigenvalue weighted by Gasteiger charge is -2.36. The molecule has 0 bridgehead atoms. The monoisotopic (exact) mass is 271 g/mol. The molecule has 0 radical (unpaired) electrons. The van der Waals surface area contributed by atoms with E-state index in [9.17, 15) is 0 Å². The highest BCUT2D eigenvalue weighted by Crippen LogP contribution is 2.38. The third-order valence-corrected chi connectivity index (χ3v) is 4.81. The van der Waals surface area contributed by atoms with Gasteiger partial charge in [0.25, 0.3) is 0 Å². The molecule has 0 aromatic heterocycles. The van der Waals surface area contributed by atoms with E-state index in [4.69, 9.17) is 10.7 Å². The van der Waals surface area contributed by atoms with Crippen LogP contribution < -0.4 is 5.73 Å². The van der Waals surface area contributed by atoms with E-state index in [0.29, 0.717) is 12.0 Å². The molecule has 108 valence electrons. The lowest BCUT2D eigenvalue weighted by Crippen LogP contribution is -2.44. The molecule has 2 fully saturated rings. The molecule has 3 nitrogen and oxygen atoms in total. The number of guanidine groups is 1. The van der Waals surface area contributed by atoms with Crippen molar-refractivity contribution in [2.45, 2.75) is 44.6 Å². The number of hydrogen-bond donors (Lipinski definition) is 1. The van der Waals surface area contributed by atoms with E-state index in [0.717, 1.165) is 37.8 Å². The maximum atomic E-state index is 6.16. The molecular weight excluding hydrogens is 246 g/mol. The maximum Gasteiger partial charge on any atom is 0.191 e. The summed E-state index contributed by atoms with van der Waals surface area (Å²) in [6.07, 6.45) is 4.78. The molecule has 1 saturated heterocycles. The summed E-state index contributed by atoms with van der Waals surface area (Å²) in [5, 5.41) is 0. The van der Waals surface area contributed by atoms with E-state index in [1.807, 2.05) is 0 Å². The van der Waals surface area contributed by atoms with E-state index >= 15 is 0 Å². The van der Waals surface area contributed by atoms with E-state index in [2.05, 4.69) is 42.2 Å². The zero-order valence-electron chi connectivity index (χ0n) is 12.3. The second-order valence-electron chi connectivity index (χ2n) is 6.39. The number of rotatable bonds is 2. The van der Waals surface area contributed by atoms with Crippen LogP contribution >= 0.6 is 0 Å². The number of hydrogen-bond acceptors (Lipinski definition) is 1. The van der Waals surface area contributed by atoms with Gasteiger partial charge < -0.3 is 10.6 Å². The van der Waals surface area contributed by atoms with Gasteiger partial charge >= 0.3 is 0 Å². The Morgan fingerprint density at radius 2 is 1.80 bits per heavy atom. The zero-order chi connectivity index (χ0) is 13.9. The Bertz CT molecular complexity index is 454. The third kappa shape index (κ3) is 2.97. The molecule has 1 aliphatic carbocycles. The molecule has 0 unspecified atom stereocenters. The average molecular weight is 271 g/mol. The minimum absolute atomic E-state index is 0.430. The van der Waals surface area contributed by atoms with Gasteiger partial charge in [0, 0.05) is 13.1 Å². The number of nitrogens with zero attached hydrogens (tertiary/aromatic N) is 2. The summed E-state index contributed by atoms with van der Waals surface area (Å²) in [6.45, 7) is 4.47. The Morgan fingerprint density at radius 3 is 2.45 bits per heavy atom. The van der Waals surface area contributed by atoms with Crippen LogP contribution in [0.15, 0.2) is 35.3 Å². The second-order valence-corrected chi connectivity index (χ2v) is 6.39. The Kier molecular flexibility index (Phi) is 3.95. The van der Waals surface area contributed by atoms with Crippen molar-refractivity contribution in [3.8, 4) is 0 Å². The molecular formula is C17H25N3. The summed E-state index contributed by atoms with van der Waals surface area (Å²) >= 11 is 0. The highest BCUT2D eigenvalue weighted by Gasteiger charge is 2.30. The Hall–Kier alpha value is -1.51. The Balaban J connectivity index is 1.51. The third-order valence-electron chi connectivity index (χ3n) is 4.81. The summed E-state index contributed by atoms with van der Waals surface area (Å²) < 4.78 is 0. The number of likely N-dealkylation sites (tertiary alicyclic amines) is 1. The highest BCUT2D eigenvalue weighted by atomic mass is 15.3. The topological polar surface area (TPSA) is 41.6 Å². The van der Waals surface area contributed by atoms with Gasteiger partial charge in [0.1, 0.15) is 0 Å². The second kappa shape index (κ2) is 5.86. The maximum absolute atomic E-state index is 6.16. The molecule has 0 spiro atoms. The largest absolute Gasteiger partial charge is 0.370 e. The smallest absolute Gasteiger partial charge is 0.191 e. The van der Waals surface area contributed by atoms with Crippen molar-refractivity contribution in [2.24, 2.45) is 16.6 Å². The molecule has 1 aliphatic heterocycles. The van der Waals surface area contributed by atoms with Crippen LogP contribution in [0.1, 0.15) is 44.1 Å². The average Bonchev–Trinajstić information content (AvgIpc) is 2.44. The van der Waals surface area contributed by atoms with Crippen LogP contribution in [0.25, 0.3) is 0 Å². The van der Waals surface area contributed by atoms with Crippen LogP contribution in [0.4, 0.5) is 0 Å². The quantitative estimate of drug-likeness (QED) is 0.663. The van der Waals surface area contributed by atoms with E-state index in [1.54, 1.807) is 0 Å². The minimum atomic E-state index is 0.430. The van der Waals surface area contributed by atoms with Gasteiger partial charge in [0.05, 0.1) is 6.04 Å². The molecule has 1 saturated carbocycles. The zero-order valence-corrected chi connectivity index (χ0v) is 12.3. The van der Waals surface area contributed by atoms with Gasteiger partial charge in [-0.25, -0.2) is 4.99 Å². The van der Waals surface area contributed by atoms with Gasteiger partial charge in [0.2, 0.25) is 0 Å². The van der Waals surface area contributed by atoms with Crippen molar-refractivity contribution in [1.82, 2.24) is 4.90 Å². The summed E-state index contributed by atoms with van der Waals surface area (Å²) in [5.41, 5.74) is 7.61. The van der Waals surface area contributed by atoms with Gasteiger partial charge in [-0.1, -0.05) is 37.3 Å². The number of nitrogens with two attached hydrogens (primary N) is 1. The Labute approximate surface area is 121 Å². The minimum Gasteiger partial charge on any atom is -0.370 e.